The fourth-order valence-electron chi connectivity index (χ4n) is 3.01. The smallest absolute Gasteiger partial charge is 0.338 e. The van der Waals surface area contributed by atoms with Crippen LogP contribution in [0, 0.1) is 5.92 Å². The van der Waals surface area contributed by atoms with E-state index >= 15 is 0 Å². The number of allylic oxidation sites excluding steroid dienone is 1. The first-order chi connectivity index (χ1) is 13.8. The van der Waals surface area contributed by atoms with Gasteiger partial charge in [-0.1, -0.05) is 19.9 Å². The minimum atomic E-state index is -0.751. The topological polar surface area (TPSA) is 114 Å². The van der Waals surface area contributed by atoms with Gasteiger partial charge in [0.25, 0.3) is 0 Å². The molecule has 0 fully saturated rings. The van der Waals surface area contributed by atoms with Crippen LogP contribution in [0.15, 0.2) is 29.5 Å². The van der Waals surface area contributed by atoms with Crippen LogP contribution in [0.3, 0.4) is 0 Å². The van der Waals surface area contributed by atoms with Crippen molar-refractivity contribution in [2.24, 2.45) is 5.92 Å². The molecule has 3 N–H and O–H groups in total. The van der Waals surface area contributed by atoms with Gasteiger partial charge in [-0.05, 0) is 43.9 Å². The second kappa shape index (κ2) is 10.1. The molecule has 0 saturated heterocycles. The maximum Gasteiger partial charge on any atom is 0.338 e. The molecule has 0 aromatic heterocycles. The molecule has 8 heteroatoms. The molecule has 8 nitrogen and oxygen atoms in total. The summed E-state index contributed by atoms with van der Waals surface area (Å²) in [5.41, 5.74) is 1.62. The van der Waals surface area contributed by atoms with Crippen LogP contribution in [-0.2, 0) is 20.9 Å². The molecule has 0 radical (unpaired) electrons. The largest absolute Gasteiger partial charge is 0.463 e. The highest BCUT2D eigenvalue weighted by molar-refractivity contribution is 5.95. The number of benzene rings is 1. The third-order valence-corrected chi connectivity index (χ3v) is 4.50. The van der Waals surface area contributed by atoms with E-state index in [1.807, 2.05) is 13.8 Å². The standard InChI is InChI=1S/C21H28N2O6/c1-5-28-20(26)18-13(4)22-21(27)23-19(18)14-7-8-16(15(10-14)11-24)29-17(25)9-6-12(2)3/h7-8,10,12,19,24H,5-6,9,11H2,1-4H3,(H2,22,23,27). The molecule has 1 aromatic carbocycles. The second-order valence-corrected chi connectivity index (χ2v) is 7.22. The third kappa shape index (κ3) is 5.80. The minimum absolute atomic E-state index is 0.198. The zero-order valence-electron chi connectivity index (χ0n) is 17.2. The lowest BCUT2D eigenvalue weighted by Gasteiger charge is -2.28. The van der Waals surface area contributed by atoms with Crippen molar-refractivity contribution in [1.29, 1.82) is 0 Å². The van der Waals surface area contributed by atoms with Crippen molar-refractivity contribution in [2.75, 3.05) is 6.61 Å². The quantitative estimate of drug-likeness (QED) is 0.453. The van der Waals surface area contributed by atoms with Gasteiger partial charge in [0.15, 0.2) is 0 Å². The lowest BCUT2D eigenvalue weighted by Crippen LogP contribution is -2.45. The Labute approximate surface area is 170 Å². The third-order valence-electron chi connectivity index (χ3n) is 4.50. The monoisotopic (exact) mass is 404 g/mol. The number of aliphatic hydroxyl groups is 1. The Kier molecular flexibility index (Phi) is 7.78. The molecule has 29 heavy (non-hydrogen) atoms. The second-order valence-electron chi connectivity index (χ2n) is 7.22. The van der Waals surface area contributed by atoms with Gasteiger partial charge in [-0.2, -0.15) is 0 Å². The van der Waals surface area contributed by atoms with Crippen LogP contribution in [0.1, 0.15) is 57.7 Å². The number of esters is 2. The summed E-state index contributed by atoms with van der Waals surface area (Å²) in [4.78, 5) is 36.4. The number of hydrogen-bond acceptors (Lipinski definition) is 6. The number of amides is 2. The number of carbonyl (C=O) groups excluding carboxylic acids is 3. The summed E-state index contributed by atoms with van der Waals surface area (Å²) in [7, 11) is 0. The maximum absolute atomic E-state index is 12.4. The van der Waals surface area contributed by atoms with Gasteiger partial charge < -0.3 is 25.2 Å². The molecule has 2 amide bonds. The molecule has 0 saturated carbocycles. The van der Waals surface area contributed by atoms with Crippen LogP contribution in [-0.4, -0.2) is 29.7 Å². The van der Waals surface area contributed by atoms with E-state index in [1.54, 1.807) is 32.0 Å². The van der Waals surface area contributed by atoms with Gasteiger partial charge in [-0.25, -0.2) is 9.59 Å². The Morgan fingerprint density at radius 1 is 1.28 bits per heavy atom. The van der Waals surface area contributed by atoms with Gasteiger partial charge in [0.1, 0.15) is 5.75 Å². The SMILES string of the molecule is CCOC(=O)C1=C(C)NC(=O)NC1c1ccc(OC(=O)CCC(C)C)c(CO)c1. The predicted molar refractivity (Wildman–Crippen MR) is 106 cm³/mol. The minimum Gasteiger partial charge on any atom is -0.463 e. The molecule has 0 aliphatic carbocycles. The van der Waals surface area contributed by atoms with Gasteiger partial charge in [-0.3, -0.25) is 4.79 Å². The van der Waals surface area contributed by atoms with E-state index in [1.165, 1.54) is 0 Å². The fraction of sp³-hybridized carbons (Fsp3) is 0.476. The van der Waals surface area contributed by atoms with Gasteiger partial charge in [0, 0.05) is 17.7 Å². The highest BCUT2D eigenvalue weighted by Gasteiger charge is 2.32. The number of carbonyl (C=O) groups is 3. The van der Waals surface area contributed by atoms with Crippen molar-refractivity contribution in [3.8, 4) is 5.75 Å². The van der Waals surface area contributed by atoms with Crippen LogP contribution < -0.4 is 15.4 Å². The predicted octanol–water partition coefficient (Wildman–Crippen LogP) is 2.71. The van der Waals surface area contributed by atoms with Crippen LogP contribution in [0.2, 0.25) is 0 Å². The highest BCUT2D eigenvalue weighted by Crippen LogP contribution is 2.31. The first-order valence-corrected chi connectivity index (χ1v) is 9.66. The molecule has 1 aromatic rings. The summed E-state index contributed by atoms with van der Waals surface area (Å²) in [6, 6.07) is 3.61. The van der Waals surface area contributed by atoms with E-state index < -0.39 is 18.0 Å². The highest BCUT2D eigenvalue weighted by atomic mass is 16.5. The zero-order chi connectivity index (χ0) is 21.6. The Bertz CT molecular complexity index is 815. The molecule has 158 valence electrons. The zero-order valence-corrected chi connectivity index (χ0v) is 17.2. The Morgan fingerprint density at radius 3 is 2.62 bits per heavy atom. The Balaban J connectivity index is 2.31. The molecule has 2 rings (SSSR count). The summed E-state index contributed by atoms with van der Waals surface area (Å²) in [5, 5.41) is 15.0. The van der Waals surface area contributed by atoms with E-state index in [9.17, 15) is 19.5 Å². The van der Waals surface area contributed by atoms with Gasteiger partial charge in [0.05, 0.1) is 24.8 Å². The molecule has 0 spiro atoms. The molecule has 1 heterocycles. The van der Waals surface area contributed by atoms with Gasteiger partial charge in [0.2, 0.25) is 0 Å². The molecular weight excluding hydrogens is 376 g/mol. The Hall–Kier alpha value is -2.87. The van der Waals surface area contributed by atoms with Crippen molar-refractivity contribution >= 4 is 18.0 Å². The average Bonchev–Trinajstić information content (AvgIpc) is 2.66. The first kappa shape index (κ1) is 22.4. The maximum atomic E-state index is 12.4. The van der Waals surface area contributed by atoms with Crippen LogP contribution in [0.4, 0.5) is 4.79 Å². The molecule has 1 aliphatic rings. The molecule has 1 unspecified atom stereocenters. The summed E-state index contributed by atoms with van der Waals surface area (Å²) < 4.78 is 10.5. The van der Waals surface area contributed by atoms with E-state index in [4.69, 9.17) is 9.47 Å². The van der Waals surface area contributed by atoms with E-state index in [2.05, 4.69) is 10.6 Å². The van der Waals surface area contributed by atoms with Crippen LogP contribution in [0.5, 0.6) is 5.75 Å². The van der Waals surface area contributed by atoms with E-state index in [-0.39, 0.29) is 36.9 Å². The molecule has 1 aliphatic heterocycles. The summed E-state index contributed by atoms with van der Waals surface area (Å²) in [5.74, 6) is -0.290. The molecule has 1 atom stereocenters. The van der Waals surface area contributed by atoms with Crippen LogP contribution in [0.25, 0.3) is 0 Å². The number of rotatable bonds is 8. The normalized spacial score (nSPS) is 16.3. The summed E-state index contributed by atoms with van der Waals surface area (Å²) in [6.45, 7) is 7.19. The number of hydrogen-bond donors (Lipinski definition) is 3. The lowest BCUT2D eigenvalue weighted by atomic mass is 9.94. The number of aliphatic hydroxyl groups excluding tert-OH is 1. The van der Waals surface area contributed by atoms with Gasteiger partial charge in [-0.15, -0.1) is 0 Å². The summed E-state index contributed by atoms with van der Waals surface area (Å²) in [6.07, 6.45) is 0.989. The van der Waals surface area contributed by atoms with Crippen molar-refractivity contribution in [2.45, 2.75) is 53.2 Å². The van der Waals surface area contributed by atoms with Crippen molar-refractivity contribution in [3.63, 3.8) is 0 Å². The van der Waals surface area contributed by atoms with Crippen molar-refractivity contribution < 1.29 is 29.0 Å². The van der Waals surface area contributed by atoms with E-state index in [0.717, 1.165) is 0 Å². The summed E-state index contributed by atoms with van der Waals surface area (Å²) >= 11 is 0. The first-order valence-electron chi connectivity index (χ1n) is 9.66. The fourth-order valence-corrected chi connectivity index (χ4v) is 3.01. The van der Waals surface area contributed by atoms with Gasteiger partial charge >= 0.3 is 18.0 Å². The Morgan fingerprint density at radius 2 is 2.00 bits per heavy atom. The van der Waals surface area contributed by atoms with E-state index in [0.29, 0.717) is 29.2 Å². The number of urea groups is 1. The number of ether oxygens (including phenoxy) is 2. The van der Waals surface area contributed by atoms with Crippen molar-refractivity contribution in [3.05, 3.63) is 40.6 Å². The molecular formula is C21H28N2O6. The van der Waals surface area contributed by atoms with Crippen molar-refractivity contribution in [1.82, 2.24) is 10.6 Å². The average molecular weight is 404 g/mol. The number of nitrogens with one attached hydrogen (secondary N) is 2. The lowest BCUT2D eigenvalue weighted by molar-refractivity contribution is -0.139. The van der Waals surface area contributed by atoms with Crippen LogP contribution >= 0.6 is 0 Å². The molecule has 0 bridgehead atoms.